The lowest BCUT2D eigenvalue weighted by Gasteiger charge is -2.03. The molecule has 2 N–H and O–H groups in total. The van der Waals surface area contributed by atoms with E-state index in [1.807, 2.05) is 6.07 Å². The number of hydrogen-bond acceptors (Lipinski definition) is 3. The summed E-state index contributed by atoms with van der Waals surface area (Å²) in [5.41, 5.74) is 2.17. The van der Waals surface area contributed by atoms with Gasteiger partial charge < -0.3 is 10.2 Å². The molecule has 0 spiro atoms. The smallest absolute Gasteiger partial charge is 0.416 e. The Morgan fingerprint density at radius 2 is 1.91 bits per heavy atom. The van der Waals surface area contributed by atoms with Crippen molar-refractivity contribution in [2.45, 2.75) is 6.92 Å². The highest BCUT2D eigenvalue weighted by atomic mass is 16.4. The first-order chi connectivity index (χ1) is 10.5. The Morgan fingerprint density at radius 3 is 2.50 bits per heavy atom. The van der Waals surface area contributed by atoms with Gasteiger partial charge in [-0.1, -0.05) is 12.1 Å². The van der Waals surface area contributed by atoms with Crippen molar-refractivity contribution in [1.29, 1.82) is 0 Å². The topological polar surface area (TPSA) is 92.4 Å². The van der Waals surface area contributed by atoms with Crippen molar-refractivity contribution in [2.24, 2.45) is 0 Å². The van der Waals surface area contributed by atoms with Crippen molar-refractivity contribution >= 4 is 23.0 Å². The van der Waals surface area contributed by atoms with Gasteiger partial charge in [-0.3, -0.25) is 4.98 Å². The van der Waals surface area contributed by atoms with Crippen LogP contribution in [0.5, 0.6) is 0 Å². The minimum Gasteiger partial charge on any atom is -0.478 e. The molecule has 0 atom stereocenters. The average molecular weight is 296 g/mol. The maximum atomic E-state index is 11.5. The molecule has 0 bridgehead atoms. The summed E-state index contributed by atoms with van der Waals surface area (Å²) in [7, 11) is 0. The third-order valence-electron chi connectivity index (χ3n) is 3.60. The lowest BCUT2D eigenvalue weighted by molar-refractivity contribution is 0.0698. The normalized spacial score (nSPS) is 10.8. The second kappa shape index (κ2) is 5.00. The van der Waals surface area contributed by atoms with Crippen LogP contribution in [0.25, 0.3) is 22.0 Å². The maximum Gasteiger partial charge on any atom is 0.416 e. The highest BCUT2D eigenvalue weighted by Gasteiger charge is 2.22. The Kier molecular flexibility index (Phi) is 3.14. The van der Waals surface area contributed by atoms with Crippen LogP contribution in [0.4, 0.5) is 4.79 Å². The van der Waals surface area contributed by atoms with Gasteiger partial charge in [0.2, 0.25) is 0 Å². The summed E-state index contributed by atoms with van der Waals surface area (Å²) >= 11 is 0. The van der Waals surface area contributed by atoms with Crippen LogP contribution in [0, 0.1) is 6.92 Å². The number of rotatable bonds is 2. The van der Waals surface area contributed by atoms with Crippen molar-refractivity contribution < 1.29 is 19.8 Å². The molecule has 0 saturated carbocycles. The lowest BCUT2D eigenvalue weighted by atomic mass is 10.0. The Morgan fingerprint density at radius 1 is 1.14 bits per heavy atom. The Labute approximate surface area is 125 Å². The van der Waals surface area contributed by atoms with Crippen LogP contribution in [0.2, 0.25) is 0 Å². The SMILES string of the molecule is Cc1c(C(=O)O)c2cc(-c3cccnc3)ccc2n1C(=O)O. The molecule has 0 aliphatic carbocycles. The minimum absolute atomic E-state index is 0.00291. The van der Waals surface area contributed by atoms with Crippen LogP contribution in [-0.2, 0) is 0 Å². The van der Waals surface area contributed by atoms with Crippen LogP contribution in [0.3, 0.4) is 0 Å². The van der Waals surface area contributed by atoms with E-state index in [0.717, 1.165) is 15.7 Å². The van der Waals surface area contributed by atoms with Crippen molar-refractivity contribution in [3.05, 3.63) is 54.0 Å². The minimum atomic E-state index is -1.20. The Bertz CT molecular complexity index is 897. The second-order valence-electron chi connectivity index (χ2n) is 4.86. The van der Waals surface area contributed by atoms with Gasteiger partial charge in [-0.25, -0.2) is 14.2 Å². The van der Waals surface area contributed by atoms with Crippen LogP contribution < -0.4 is 0 Å². The number of fused-ring (bicyclic) bond motifs is 1. The molecule has 0 radical (unpaired) electrons. The van der Waals surface area contributed by atoms with Crippen molar-refractivity contribution in [3.63, 3.8) is 0 Å². The van der Waals surface area contributed by atoms with Crippen LogP contribution in [-0.4, -0.2) is 31.8 Å². The second-order valence-corrected chi connectivity index (χ2v) is 4.86. The molecule has 22 heavy (non-hydrogen) atoms. The molecule has 6 nitrogen and oxygen atoms in total. The van der Waals surface area contributed by atoms with E-state index >= 15 is 0 Å². The molecule has 0 unspecified atom stereocenters. The van der Waals surface area contributed by atoms with E-state index in [9.17, 15) is 19.8 Å². The number of benzene rings is 1. The summed E-state index contributed by atoms with van der Waals surface area (Å²) in [6.45, 7) is 1.49. The number of hydrogen-bond donors (Lipinski definition) is 2. The van der Waals surface area contributed by atoms with E-state index in [-0.39, 0.29) is 11.3 Å². The number of carboxylic acid groups (broad SMARTS) is 2. The van der Waals surface area contributed by atoms with Crippen LogP contribution in [0.15, 0.2) is 42.7 Å². The van der Waals surface area contributed by atoms with E-state index in [4.69, 9.17) is 0 Å². The number of carbonyl (C=O) groups is 2. The summed E-state index contributed by atoms with van der Waals surface area (Å²) < 4.78 is 0.992. The Balaban J connectivity index is 2.35. The van der Waals surface area contributed by atoms with Gasteiger partial charge in [0, 0.05) is 29.0 Å². The van der Waals surface area contributed by atoms with Crippen molar-refractivity contribution in [2.75, 3.05) is 0 Å². The molecule has 6 heteroatoms. The molecule has 0 fully saturated rings. The molecule has 3 rings (SSSR count). The largest absolute Gasteiger partial charge is 0.478 e. The van der Waals surface area contributed by atoms with Crippen LogP contribution >= 0.6 is 0 Å². The third-order valence-corrected chi connectivity index (χ3v) is 3.60. The molecule has 0 aliphatic heterocycles. The van der Waals surface area contributed by atoms with Gasteiger partial charge in [0.1, 0.15) is 0 Å². The molecule has 1 aromatic carbocycles. The van der Waals surface area contributed by atoms with Gasteiger partial charge in [0.25, 0.3) is 0 Å². The number of carboxylic acids is 1. The zero-order chi connectivity index (χ0) is 15.9. The molecule has 110 valence electrons. The summed E-state index contributed by atoms with van der Waals surface area (Å²) in [4.78, 5) is 26.9. The first-order valence-corrected chi connectivity index (χ1v) is 6.52. The standard InChI is InChI=1S/C16H12N2O4/c1-9-14(15(19)20)12-7-10(11-3-2-6-17-8-11)4-5-13(12)18(9)16(21)22/h2-8H,1H3,(H,19,20)(H,21,22). The van der Waals surface area contributed by atoms with Crippen LogP contribution in [0.1, 0.15) is 16.1 Å². The maximum absolute atomic E-state index is 11.5. The molecule has 2 aromatic heterocycles. The average Bonchev–Trinajstić information content (AvgIpc) is 2.79. The predicted octanol–water partition coefficient (Wildman–Crippen LogP) is 3.24. The monoisotopic (exact) mass is 296 g/mol. The number of aromatic carboxylic acids is 1. The van der Waals surface area contributed by atoms with E-state index in [1.54, 1.807) is 36.7 Å². The van der Waals surface area contributed by atoms with Gasteiger partial charge in [0.05, 0.1) is 11.1 Å². The molecule has 3 aromatic rings. The van der Waals surface area contributed by atoms with E-state index in [2.05, 4.69) is 4.98 Å². The highest BCUT2D eigenvalue weighted by molar-refractivity contribution is 6.08. The van der Waals surface area contributed by atoms with E-state index in [1.165, 1.54) is 6.92 Å². The van der Waals surface area contributed by atoms with E-state index in [0.29, 0.717) is 10.9 Å². The first kappa shape index (κ1) is 13.8. The molecular weight excluding hydrogens is 284 g/mol. The quantitative estimate of drug-likeness (QED) is 0.757. The molecule has 2 heterocycles. The molecule has 0 aliphatic rings. The van der Waals surface area contributed by atoms with Gasteiger partial charge >= 0.3 is 12.1 Å². The number of aromatic nitrogens is 2. The van der Waals surface area contributed by atoms with Gasteiger partial charge in [-0.05, 0) is 30.7 Å². The molecule has 0 saturated heterocycles. The molecule has 0 amide bonds. The van der Waals surface area contributed by atoms with Crippen molar-refractivity contribution in [1.82, 2.24) is 9.55 Å². The summed E-state index contributed by atoms with van der Waals surface area (Å²) in [6.07, 6.45) is 2.11. The summed E-state index contributed by atoms with van der Waals surface area (Å²) in [5.74, 6) is -1.15. The van der Waals surface area contributed by atoms with Gasteiger partial charge in [0.15, 0.2) is 0 Å². The predicted molar refractivity (Wildman–Crippen MR) is 80.3 cm³/mol. The van der Waals surface area contributed by atoms with E-state index < -0.39 is 12.1 Å². The first-order valence-electron chi connectivity index (χ1n) is 6.52. The van der Waals surface area contributed by atoms with Crippen molar-refractivity contribution in [3.8, 4) is 11.1 Å². The molecular formula is C16H12N2O4. The summed E-state index contributed by atoms with van der Waals surface area (Å²) in [6, 6.07) is 8.69. The zero-order valence-electron chi connectivity index (χ0n) is 11.6. The fraction of sp³-hybridized carbons (Fsp3) is 0.0625. The summed E-state index contributed by atoms with van der Waals surface area (Å²) in [5, 5.41) is 19.1. The van der Waals surface area contributed by atoms with Gasteiger partial charge in [-0.2, -0.15) is 0 Å². The third kappa shape index (κ3) is 2.01. The number of pyridine rings is 1. The number of nitrogens with zero attached hydrogens (tertiary/aromatic N) is 2. The highest BCUT2D eigenvalue weighted by Crippen LogP contribution is 2.30. The fourth-order valence-corrected chi connectivity index (χ4v) is 2.65. The van der Waals surface area contributed by atoms with Gasteiger partial charge in [-0.15, -0.1) is 0 Å². The fourth-order valence-electron chi connectivity index (χ4n) is 2.65. The lowest BCUT2D eigenvalue weighted by Crippen LogP contribution is -2.10. The zero-order valence-corrected chi connectivity index (χ0v) is 11.6. The Hall–Kier alpha value is -3.15.